The number of halogens is 1. The Kier molecular flexibility index (Phi) is 4.20. The third kappa shape index (κ3) is 2.65. The number of piperidine rings is 1. The molecule has 0 amide bonds. The molecule has 1 aromatic heterocycles. The largest absolute Gasteiger partial charge is 0.339 e. The van der Waals surface area contributed by atoms with Gasteiger partial charge in [0.15, 0.2) is 5.03 Å². The Morgan fingerprint density at radius 3 is 2.89 bits per heavy atom. The second-order valence-corrected chi connectivity index (χ2v) is 7.02. The Labute approximate surface area is 119 Å². The molecule has 0 radical (unpaired) electrons. The van der Waals surface area contributed by atoms with Gasteiger partial charge in [0.05, 0.1) is 6.33 Å². The van der Waals surface area contributed by atoms with Crippen molar-refractivity contribution in [3.8, 4) is 0 Å². The van der Waals surface area contributed by atoms with Crippen molar-refractivity contribution < 1.29 is 8.42 Å². The summed E-state index contributed by atoms with van der Waals surface area (Å²) in [6.07, 6.45) is 5.06. The van der Waals surface area contributed by atoms with Gasteiger partial charge in [-0.25, -0.2) is 13.4 Å². The van der Waals surface area contributed by atoms with Gasteiger partial charge in [0.25, 0.3) is 10.0 Å². The lowest BCUT2D eigenvalue weighted by Gasteiger charge is -2.33. The molecule has 1 aromatic rings. The number of fused-ring (bicyclic) bond motifs is 1. The number of rotatable bonds is 2. The number of hydrogen-bond acceptors (Lipinski definition) is 4. The lowest BCUT2D eigenvalue weighted by atomic mass is 9.95. The van der Waals surface area contributed by atoms with Gasteiger partial charge in [-0.2, -0.15) is 4.31 Å². The van der Waals surface area contributed by atoms with Gasteiger partial charge >= 0.3 is 0 Å². The van der Waals surface area contributed by atoms with E-state index in [-0.39, 0.29) is 17.4 Å². The van der Waals surface area contributed by atoms with Gasteiger partial charge in [-0.05, 0) is 25.3 Å². The van der Waals surface area contributed by atoms with Crippen LogP contribution in [0.1, 0.15) is 12.8 Å². The maximum Gasteiger partial charge on any atom is 0.262 e. The molecule has 2 fully saturated rings. The maximum atomic E-state index is 12.4. The summed E-state index contributed by atoms with van der Waals surface area (Å²) in [5, 5.41) is 3.59. The highest BCUT2D eigenvalue weighted by Crippen LogP contribution is 2.27. The highest BCUT2D eigenvalue weighted by atomic mass is 35.5. The Balaban J connectivity index is 0.00000133. The first-order valence-corrected chi connectivity index (χ1v) is 7.73. The summed E-state index contributed by atoms with van der Waals surface area (Å²) in [5.41, 5.74) is 0. The van der Waals surface area contributed by atoms with E-state index in [4.69, 9.17) is 0 Å². The first kappa shape index (κ1) is 14.8. The SMILES string of the molecule is Cl.Cn1cnc(S(=O)(=O)N2CCC3NCCC3C2)c1. The van der Waals surface area contributed by atoms with E-state index in [0.717, 1.165) is 19.4 Å². The average molecular weight is 307 g/mol. The smallest absolute Gasteiger partial charge is 0.262 e. The zero-order valence-electron chi connectivity index (χ0n) is 10.8. The number of sulfonamides is 1. The molecule has 0 aliphatic carbocycles. The molecule has 3 rings (SSSR count). The number of aryl methyl sites for hydroxylation is 1. The van der Waals surface area contributed by atoms with E-state index >= 15 is 0 Å². The van der Waals surface area contributed by atoms with Crippen LogP contribution in [-0.4, -0.2) is 48.0 Å². The highest BCUT2D eigenvalue weighted by Gasteiger charge is 2.38. The summed E-state index contributed by atoms with van der Waals surface area (Å²) in [6, 6.07) is 0.500. The van der Waals surface area contributed by atoms with Crippen molar-refractivity contribution >= 4 is 22.4 Å². The number of imidazole rings is 1. The molecular weight excluding hydrogens is 288 g/mol. The van der Waals surface area contributed by atoms with E-state index in [1.165, 1.54) is 6.33 Å². The summed E-state index contributed by atoms with van der Waals surface area (Å²) in [5.74, 6) is 0.456. The van der Waals surface area contributed by atoms with Gasteiger partial charge < -0.3 is 9.88 Å². The third-order valence-electron chi connectivity index (χ3n) is 3.90. The van der Waals surface area contributed by atoms with Crippen molar-refractivity contribution in [3.63, 3.8) is 0 Å². The van der Waals surface area contributed by atoms with Crippen molar-refractivity contribution in [3.05, 3.63) is 12.5 Å². The quantitative estimate of drug-likeness (QED) is 0.848. The van der Waals surface area contributed by atoms with Crippen LogP contribution in [0.15, 0.2) is 17.6 Å². The van der Waals surface area contributed by atoms with Crippen molar-refractivity contribution in [2.45, 2.75) is 23.9 Å². The standard InChI is InChI=1S/C11H18N4O2S.ClH/c1-14-7-11(13-8-14)18(16,17)15-5-3-10-9(6-15)2-4-12-10;/h7-10,12H,2-6H2,1H3;1H. The summed E-state index contributed by atoms with van der Waals surface area (Å²) in [7, 11) is -1.63. The Bertz CT molecular complexity index is 545. The molecule has 2 saturated heterocycles. The molecule has 108 valence electrons. The fourth-order valence-corrected chi connectivity index (χ4v) is 4.36. The van der Waals surface area contributed by atoms with Crippen LogP contribution < -0.4 is 5.32 Å². The molecule has 2 aliphatic rings. The summed E-state index contributed by atoms with van der Waals surface area (Å²) >= 11 is 0. The topological polar surface area (TPSA) is 67.2 Å². The molecular formula is C11H19ClN4O2S. The Hall–Kier alpha value is -0.630. The second kappa shape index (κ2) is 5.40. The van der Waals surface area contributed by atoms with Crippen LogP contribution in [0.2, 0.25) is 0 Å². The van der Waals surface area contributed by atoms with E-state index in [9.17, 15) is 8.42 Å². The summed E-state index contributed by atoms with van der Waals surface area (Å²) < 4.78 is 28.1. The van der Waals surface area contributed by atoms with Crippen LogP contribution in [0.4, 0.5) is 0 Å². The minimum atomic E-state index is -3.41. The van der Waals surface area contributed by atoms with Crippen molar-refractivity contribution in [2.75, 3.05) is 19.6 Å². The van der Waals surface area contributed by atoms with Crippen LogP contribution in [0, 0.1) is 5.92 Å². The molecule has 6 nitrogen and oxygen atoms in total. The van der Waals surface area contributed by atoms with E-state index < -0.39 is 10.0 Å². The lowest BCUT2D eigenvalue weighted by molar-refractivity contribution is 0.246. The molecule has 0 bridgehead atoms. The number of aromatic nitrogens is 2. The van der Waals surface area contributed by atoms with Gasteiger partial charge in [0, 0.05) is 32.4 Å². The predicted octanol–water partition coefficient (Wildman–Crippen LogP) is 0.214. The zero-order chi connectivity index (χ0) is 12.8. The number of nitrogens with one attached hydrogen (secondary N) is 1. The van der Waals surface area contributed by atoms with Crippen LogP contribution in [0.5, 0.6) is 0 Å². The van der Waals surface area contributed by atoms with Gasteiger partial charge in [-0.15, -0.1) is 12.4 Å². The molecule has 8 heteroatoms. The molecule has 2 atom stereocenters. The minimum Gasteiger partial charge on any atom is -0.339 e. The molecule has 1 N–H and O–H groups in total. The molecule has 19 heavy (non-hydrogen) atoms. The van der Waals surface area contributed by atoms with E-state index in [2.05, 4.69) is 10.3 Å². The monoisotopic (exact) mass is 306 g/mol. The van der Waals surface area contributed by atoms with E-state index in [1.54, 1.807) is 22.1 Å². The molecule has 0 spiro atoms. The van der Waals surface area contributed by atoms with Gasteiger partial charge in [0.2, 0.25) is 0 Å². The second-order valence-electron chi connectivity index (χ2n) is 5.14. The molecule has 2 aliphatic heterocycles. The van der Waals surface area contributed by atoms with Crippen LogP contribution >= 0.6 is 12.4 Å². The molecule has 3 heterocycles. The number of hydrogen-bond donors (Lipinski definition) is 1. The first-order valence-electron chi connectivity index (χ1n) is 6.29. The van der Waals surface area contributed by atoms with Crippen molar-refractivity contribution in [1.82, 2.24) is 19.2 Å². The lowest BCUT2D eigenvalue weighted by Crippen LogP contribution is -2.46. The van der Waals surface area contributed by atoms with Crippen LogP contribution in [0.3, 0.4) is 0 Å². The average Bonchev–Trinajstić information content (AvgIpc) is 2.96. The van der Waals surface area contributed by atoms with Crippen molar-refractivity contribution in [2.24, 2.45) is 13.0 Å². The Morgan fingerprint density at radius 1 is 1.42 bits per heavy atom. The van der Waals surface area contributed by atoms with Gasteiger partial charge in [0.1, 0.15) is 0 Å². The normalized spacial score (nSPS) is 27.8. The van der Waals surface area contributed by atoms with Crippen molar-refractivity contribution in [1.29, 1.82) is 0 Å². The van der Waals surface area contributed by atoms with E-state index in [1.807, 2.05) is 0 Å². The van der Waals surface area contributed by atoms with Gasteiger partial charge in [-0.3, -0.25) is 0 Å². The molecule has 2 unspecified atom stereocenters. The fourth-order valence-electron chi connectivity index (χ4n) is 2.89. The molecule has 0 aromatic carbocycles. The third-order valence-corrected chi connectivity index (χ3v) is 5.65. The van der Waals surface area contributed by atoms with E-state index in [0.29, 0.717) is 25.0 Å². The van der Waals surface area contributed by atoms with Crippen LogP contribution in [-0.2, 0) is 17.1 Å². The molecule has 0 saturated carbocycles. The zero-order valence-corrected chi connectivity index (χ0v) is 12.5. The van der Waals surface area contributed by atoms with Gasteiger partial charge in [-0.1, -0.05) is 0 Å². The predicted molar refractivity (Wildman–Crippen MR) is 73.7 cm³/mol. The summed E-state index contributed by atoms with van der Waals surface area (Å²) in [6.45, 7) is 2.22. The fraction of sp³-hybridized carbons (Fsp3) is 0.727. The minimum absolute atomic E-state index is 0. The maximum absolute atomic E-state index is 12.4. The summed E-state index contributed by atoms with van der Waals surface area (Å²) in [4.78, 5) is 3.97. The van der Waals surface area contributed by atoms with Crippen LogP contribution in [0.25, 0.3) is 0 Å². The first-order chi connectivity index (χ1) is 8.57. The number of nitrogens with zero attached hydrogens (tertiary/aromatic N) is 3. The highest BCUT2D eigenvalue weighted by molar-refractivity contribution is 7.89. The Morgan fingerprint density at radius 2 is 2.21 bits per heavy atom.